The van der Waals surface area contributed by atoms with Crippen LogP contribution in [0.4, 0.5) is 4.39 Å². The zero-order valence-corrected chi connectivity index (χ0v) is 11.1. The molecule has 0 bridgehead atoms. The lowest BCUT2D eigenvalue weighted by Crippen LogP contribution is -1.93. The van der Waals surface area contributed by atoms with Gasteiger partial charge in [0.25, 0.3) is 9.05 Å². The third-order valence-electron chi connectivity index (χ3n) is 2.49. The Labute approximate surface area is 109 Å². The number of hydrogen-bond acceptors (Lipinski definition) is 2. The van der Waals surface area contributed by atoms with Gasteiger partial charge in [-0.05, 0) is 47.9 Å². The number of benzene rings is 2. The van der Waals surface area contributed by atoms with Crippen LogP contribution < -0.4 is 0 Å². The SMILES string of the molecule is Cc1cc(-c2cccc(F)c2)cc(S(=O)(=O)Cl)c1. The summed E-state index contributed by atoms with van der Waals surface area (Å²) in [7, 11) is 1.53. The lowest BCUT2D eigenvalue weighted by Gasteiger charge is -2.06. The highest BCUT2D eigenvalue weighted by molar-refractivity contribution is 8.13. The van der Waals surface area contributed by atoms with E-state index in [1.54, 1.807) is 25.1 Å². The smallest absolute Gasteiger partial charge is 0.207 e. The van der Waals surface area contributed by atoms with E-state index in [4.69, 9.17) is 10.7 Å². The van der Waals surface area contributed by atoms with Gasteiger partial charge < -0.3 is 0 Å². The van der Waals surface area contributed by atoms with E-state index in [-0.39, 0.29) is 10.7 Å². The zero-order valence-electron chi connectivity index (χ0n) is 9.52. The highest BCUT2D eigenvalue weighted by atomic mass is 35.7. The molecule has 94 valence electrons. The standard InChI is InChI=1S/C13H10ClFO2S/c1-9-5-11(8-13(6-9)18(14,16)17)10-3-2-4-12(15)7-10/h2-8H,1H3. The summed E-state index contributed by atoms with van der Waals surface area (Å²) in [4.78, 5) is 0.0171. The van der Waals surface area contributed by atoms with E-state index in [0.717, 1.165) is 5.56 Å². The van der Waals surface area contributed by atoms with Gasteiger partial charge in [-0.1, -0.05) is 18.2 Å². The molecule has 0 fully saturated rings. The van der Waals surface area contributed by atoms with Crippen molar-refractivity contribution in [1.82, 2.24) is 0 Å². The molecule has 0 aliphatic carbocycles. The Hall–Kier alpha value is -1.39. The predicted molar refractivity (Wildman–Crippen MR) is 69.6 cm³/mol. The molecule has 0 heterocycles. The average molecular weight is 285 g/mol. The molecule has 0 radical (unpaired) electrons. The van der Waals surface area contributed by atoms with Crippen LogP contribution in [0.3, 0.4) is 0 Å². The molecule has 0 N–H and O–H groups in total. The first-order valence-electron chi connectivity index (χ1n) is 5.18. The molecule has 0 aromatic heterocycles. The Morgan fingerprint density at radius 2 is 1.78 bits per heavy atom. The molecule has 18 heavy (non-hydrogen) atoms. The third kappa shape index (κ3) is 2.89. The van der Waals surface area contributed by atoms with Gasteiger partial charge in [-0.3, -0.25) is 0 Å². The van der Waals surface area contributed by atoms with Gasteiger partial charge in [-0.2, -0.15) is 0 Å². The molecule has 2 rings (SSSR count). The molecule has 2 nitrogen and oxygen atoms in total. The summed E-state index contributed by atoms with van der Waals surface area (Å²) in [5, 5.41) is 0. The van der Waals surface area contributed by atoms with E-state index in [1.165, 1.54) is 24.3 Å². The van der Waals surface area contributed by atoms with Crippen LogP contribution in [0.25, 0.3) is 11.1 Å². The maximum Gasteiger partial charge on any atom is 0.261 e. The highest BCUT2D eigenvalue weighted by Gasteiger charge is 2.12. The van der Waals surface area contributed by atoms with Crippen molar-refractivity contribution < 1.29 is 12.8 Å². The highest BCUT2D eigenvalue weighted by Crippen LogP contribution is 2.26. The lowest BCUT2D eigenvalue weighted by molar-refractivity contribution is 0.609. The summed E-state index contributed by atoms with van der Waals surface area (Å²) >= 11 is 0. The minimum atomic E-state index is -3.79. The molecule has 0 amide bonds. The van der Waals surface area contributed by atoms with E-state index < -0.39 is 9.05 Å². The number of rotatable bonds is 2. The minimum absolute atomic E-state index is 0.0171. The summed E-state index contributed by atoms with van der Waals surface area (Å²) in [6, 6.07) is 10.7. The third-order valence-corrected chi connectivity index (χ3v) is 3.82. The monoisotopic (exact) mass is 284 g/mol. The van der Waals surface area contributed by atoms with Gasteiger partial charge in [-0.25, -0.2) is 12.8 Å². The number of halogens is 2. The van der Waals surface area contributed by atoms with Crippen LogP contribution in [-0.2, 0) is 9.05 Å². The van der Waals surface area contributed by atoms with Crippen LogP contribution in [-0.4, -0.2) is 8.42 Å². The average Bonchev–Trinajstić information content (AvgIpc) is 2.27. The van der Waals surface area contributed by atoms with Crippen molar-refractivity contribution in [1.29, 1.82) is 0 Å². The first-order valence-corrected chi connectivity index (χ1v) is 7.49. The van der Waals surface area contributed by atoms with E-state index >= 15 is 0 Å². The second-order valence-corrected chi connectivity index (χ2v) is 6.55. The number of aryl methyl sites for hydroxylation is 1. The fourth-order valence-corrected chi connectivity index (χ4v) is 2.59. The lowest BCUT2D eigenvalue weighted by atomic mass is 10.0. The predicted octanol–water partition coefficient (Wildman–Crippen LogP) is 3.73. The molecule has 2 aromatic rings. The first kappa shape index (κ1) is 13.1. The van der Waals surface area contributed by atoms with Gasteiger partial charge in [0.1, 0.15) is 5.82 Å². The molecular formula is C13H10ClFO2S. The Morgan fingerprint density at radius 1 is 1.06 bits per heavy atom. The maximum atomic E-state index is 13.1. The van der Waals surface area contributed by atoms with Crippen molar-refractivity contribution in [3.8, 4) is 11.1 Å². The Bertz CT molecular complexity index is 696. The second-order valence-electron chi connectivity index (χ2n) is 3.98. The molecule has 0 atom stereocenters. The molecule has 0 aliphatic rings. The van der Waals surface area contributed by atoms with E-state index in [0.29, 0.717) is 11.1 Å². The van der Waals surface area contributed by atoms with Crippen molar-refractivity contribution in [2.24, 2.45) is 0 Å². The normalized spacial score (nSPS) is 11.5. The van der Waals surface area contributed by atoms with Gasteiger partial charge in [0, 0.05) is 10.7 Å². The molecule has 0 spiro atoms. The summed E-state index contributed by atoms with van der Waals surface area (Å²) in [5.41, 5.74) is 1.98. The van der Waals surface area contributed by atoms with E-state index in [9.17, 15) is 12.8 Å². The van der Waals surface area contributed by atoms with Crippen molar-refractivity contribution in [3.63, 3.8) is 0 Å². The van der Waals surface area contributed by atoms with Crippen molar-refractivity contribution >= 4 is 19.7 Å². The van der Waals surface area contributed by atoms with Gasteiger partial charge in [0.15, 0.2) is 0 Å². The van der Waals surface area contributed by atoms with Gasteiger partial charge in [0.2, 0.25) is 0 Å². The quantitative estimate of drug-likeness (QED) is 0.788. The van der Waals surface area contributed by atoms with Gasteiger partial charge >= 0.3 is 0 Å². The second kappa shape index (κ2) is 4.71. The molecule has 0 unspecified atom stereocenters. The van der Waals surface area contributed by atoms with Crippen LogP contribution in [0.15, 0.2) is 47.4 Å². The molecular weight excluding hydrogens is 275 g/mol. The van der Waals surface area contributed by atoms with Crippen LogP contribution in [0, 0.1) is 12.7 Å². The molecule has 0 aliphatic heterocycles. The zero-order chi connectivity index (χ0) is 13.3. The number of hydrogen-bond donors (Lipinski definition) is 0. The summed E-state index contributed by atoms with van der Waals surface area (Å²) in [5.74, 6) is -0.371. The van der Waals surface area contributed by atoms with Gasteiger partial charge in [0.05, 0.1) is 4.90 Å². The molecule has 5 heteroatoms. The van der Waals surface area contributed by atoms with E-state index in [1.807, 2.05) is 0 Å². The fraction of sp³-hybridized carbons (Fsp3) is 0.0769. The maximum absolute atomic E-state index is 13.1. The first-order chi connectivity index (χ1) is 8.36. The Balaban J connectivity index is 2.63. The van der Waals surface area contributed by atoms with Crippen LogP contribution in [0.2, 0.25) is 0 Å². The van der Waals surface area contributed by atoms with Crippen molar-refractivity contribution in [3.05, 3.63) is 53.8 Å². The Morgan fingerprint density at radius 3 is 2.39 bits per heavy atom. The van der Waals surface area contributed by atoms with Crippen LogP contribution in [0.1, 0.15) is 5.56 Å². The van der Waals surface area contributed by atoms with Crippen molar-refractivity contribution in [2.75, 3.05) is 0 Å². The van der Waals surface area contributed by atoms with Crippen LogP contribution >= 0.6 is 10.7 Å². The Kier molecular flexibility index (Phi) is 3.41. The summed E-state index contributed by atoms with van der Waals surface area (Å²) in [6.45, 7) is 1.76. The fourth-order valence-electron chi connectivity index (χ4n) is 1.72. The van der Waals surface area contributed by atoms with Gasteiger partial charge in [-0.15, -0.1) is 0 Å². The van der Waals surface area contributed by atoms with Crippen LogP contribution in [0.5, 0.6) is 0 Å². The molecule has 0 saturated carbocycles. The van der Waals surface area contributed by atoms with Crippen molar-refractivity contribution in [2.45, 2.75) is 11.8 Å². The summed E-state index contributed by atoms with van der Waals surface area (Å²) in [6.07, 6.45) is 0. The minimum Gasteiger partial charge on any atom is -0.207 e. The largest absolute Gasteiger partial charge is 0.261 e. The topological polar surface area (TPSA) is 34.1 Å². The summed E-state index contributed by atoms with van der Waals surface area (Å²) < 4.78 is 35.8. The van der Waals surface area contributed by atoms with E-state index in [2.05, 4.69) is 0 Å². The molecule has 0 saturated heterocycles. The molecule has 2 aromatic carbocycles.